The Labute approximate surface area is 58.9 Å². The Hall–Kier alpha value is -0.650. The number of hydrogen-bond donors (Lipinski definition) is 2. The van der Waals surface area contributed by atoms with Crippen LogP contribution in [0.3, 0.4) is 0 Å². The van der Waals surface area contributed by atoms with Gasteiger partial charge >= 0.3 is 0 Å². The molecule has 0 heterocycles. The zero-order valence-electron chi connectivity index (χ0n) is 5.58. The van der Waals surface area contributed by atoms with Gasteiger partial charge in [0.05, 0.1) is 26.4 Å². The van der Waals surface area contributed by atoms with Gasteiger partial charge in [-0.25, -0.2) is 5.48 Å². The van der Waals surface area contributed by atoms with Gasteiger partial charge in [-0.2, -0.15) is 0 Å². The third-order valence-corrected chi connectivity index (χ3v) is 0.697. The van der Waals surface area contributed by atoms with Gasteiger partial charge < -0.3 is 9.84 Å². The van der Waals surface area contributed by atoms with E-state index in [1.165, 1.54) is 0 Å². The molecule has 0 saturated heterocycles. The van der Waals surface area contributed by atoms with Gasteiger partial charge in [-0.15, -0.1) is 0 Å². The predicted octanol–water partition coefficient (Wildman–Crippen LogP) is -1.33. The molecule has 5 heteroatoms. The second kappa shape index (κ2) is 8.35. The maximum absolute atomic E-state index is 9.58. The number of hydroxylamine groups is 1. The highest BCUT2D eigenvalue weighted by Crippen LogP contribution is 1.72. The van der Waals surface area contributed by atoms with Crippen molar-refractivity contribution in [2.75, 3.05) is 26.4 Å². The van der Waals surface area contributed by atoms with E-state index in [0.29, 0.717) is 26.2 Å². The van der Waals surface area contributed by atoms with Crippen molar-refractivity contribution in [2.45, 2.75) is 0 Å². The number of amides is 1. The van der Waals surface area contributed by atoms with Crippen molar-refractivity contribution in [3.63, 3.8) is 0 Å². The van der Waals surface area contributed by atoms with Gasteiger partial charge in [-0.05, 0) is 0 Å². The van der Waals surface area contributed by atoms with Crippen LogP contribution in [0.2, 0.25) is 0 Å². The molecule has 0 fully saturated rings. The number of ether oxygens (including phenoxy) is 1. The van der Waals surface area contributed by atoms with Gasteiger partial charge in [-0.1, -0.05) is 0 Å². The minimum absolute atomic E-state index is 0.00110. The fraction of sp³-hybridized carbons (Fsp3) is 0.800. The predicted molar refractivity (Wildman–Crippen MR) is 33.1 cm³/mol. The van der Waals surface area contributed by atoms with E-state index in [1.54, 1.807) is 0 Å². The van der Waals surface area contributed by atoms with Crippen LogP contribution >= 0.6 is 0 Å². The number of hydrogen-bond acceptors (Lipinski definition) is 4. The van der Waals surface area contributed by atoms with E-state index in [0.717, 1.165) is 0 Å². The van der Waals surface area contributed by atoms with E-state index < -0.39 is 0 Å². The average molecular weight is 149 g/mol. The lowest BCUT2D eigenvalue weighted by atomic mass is 10.7. The van der Waals surface area contributed by atoms with E-state index in [9.17, 15) is 4.79 Å². The van der Waals surface area contributed by atoms with Gasteiger partial charge in [-0.3, -0.25) is 9.63 Å². The number of carbonyl (C=O) groups excluding carboxylic acids is 1. The molecule has 0 atom stereocenters. The molecule has 10 heavy (non-hydrogen) atoms. The summed E-state index contributed by atoms with van der Waals surface area (Å²) in [5.74, 6) is 0. The third-order valence-electron chi connectivity index (χ3n) is 0.697. The topological polar surface area (TPSA) is 67.8 Å². The van der Waals surface area contributed by atoms with Crippen molar-refractivity contribution in [1.82, 2.24) is 5.48 Å². The molecule has 0 rings (SSSR count). The first-order chi connectivity index (χ1) is 4.91. The van der Waals surface area contributed by atoms with Crippen LogP contribution in [0.25, 0.3) is 0 Å². The van der Waals surface area contributed by atoms with Gasteiger partial charge in [0, 0.05) is 0 Å². The molecule has 0 unspecified atom stereocenters. The molecule has 0 aromatic heterocycles. The Morgan fingerprint density at radius 3 is 2.80 bits per heavy atom. The standard InChI is InChI=1S/C5H11NO4/c7-1-2-9-3-4-10-6-5-8/h5,7H,1-4H2,(H,6,8). The Bertz CT molecular complexity index is 78.0. The van der Waals surface area contributed by atoms with E-state index >= 15 is 0 Å². The molecular weight excluding hydrogens is 138 g/mol. The largest absolute Gasteiger partial charge is 0.394 e. The van der Waals surface area contributed by atoms with Gasteiger partial charge in [0.25, 0.3) is 0 Å². The fourth-order valence-electron chi connectivity index (χ4n) is 0.360. The average Bonchev–Trinajstić information content (AvgIpc) is 1.97. The van der Waals surface area contributed by atoms with E-state index in [2.05, 4.69) is 4.84 Å². The van der Waals surface area contributed by atoms with Crippen molar-refractivity contribution in [1.29, 1.82) is 0 Å². The highest BCUT2D eigenvalue weighted by atomic mass is 16.7. The highest BCUT2D eigenvalue weighted by molar-refractivity contribution is 5.43. The summed E-state index contributed by atoms with van der Waals surface area (Å²) in [6.45, 7) is 0.950. The molecule has 0 aliphatic heterocycles. The molecule has 0 aliphatic rings. The van der Waals surface area contributed by atoms with Gasteiger partial charge in [0.1, 0.15) is 0 Å². The van der Waals surface area contributed by atoms with Crippen LogP contribution in [0.4, 0.5) is 0 Å². The first-order valence-electron chi connectivity index (χ1n) is 2.91. The SMILES string of the molecule is O=CNOCCOCCO. The van der Waals surface area contributed by atoms with Crippen molar-refractivity contribution in [3.05, 3.63) is 0 Å². The molecule has 1 amide bonds. The Morgan fingerprint density at radius 2 is 2.20 bits per heavy atom. The number of rotatable bonds is 7. The lowest BCUT2D eigenvalue weighted by molar-refractivity contribution is -0.122. The van der Waals surface area contributed by atoms with Crippen LogP contribution in [-0.4, -0.2) is 37.9 Å². The monoisotopic (exact) mass is 149 g/mol. The van der Waals surface area contributed by atoms with Gasteiger partial charge in [0.15, 0.2) is 0 Å². The lowest BCUT2D eigenvalue weighted by Crippen LogP contribution is -2.16. The molecule has 60 valence electrons. The second-order valence-corrected chi connectivity index (χ2v) is 1.42. The molecule has 0 aromatic carbocycles. The molecule has 5 nitrogen and oxygen atoms in total. The normalized spacial score (nSPS) is 9.30. The minimum Gasteiger partial charge on any atom is -0.394 e. The number of aliphatic hydroxyl groups is 1. The smallest absolute Gasteiger partial charge is 0.230 e. The van der Waals surface area contributed by atoms with Crippen LogP contribution in [0.15, 0.2) is 0 Å². The Morgan fingerprint density at radius 1 is 1.40 bits per heavy atom. The summed E-state index contributed by atoms with van der Waals surface area (Å²) in [5, 5.41) is 8.23. The molecular formula is C5H11NO4. The molecule has 0 aromatic rings. The van der Waals surface area contributed by atoms with Crippen molar-refractivity contribution >= 4 is 6.41 Å². The van der Waals surface area contributed by atoms with Crippen molar-refractivity contribution in [3.8, 4) is 0 Å². The number of aliphatic hydroxyl groups excluding tert-OH is 1. The summed E-state index contributed by atoms with van der Waals surface area (Å²) < 4.78 is 4.80. The summed E-state index contributed by atoms with van der Waals surface area (Å²) in [4.78, 5) is 14.1. The van der Waals surface area contributed by atoms with E-state index in [4.69, 9.17) is 9.84 Å². The summed E-state index contributed by atoms with van der Waals surface area (Å²) in [7, 11) is 0. The molecule has 0 saturated carbocycles. The zero-order valence-corrected chi connectivity index (χ0v) is 5.58. The molecule has 2 N–H and O–H groups in total. The van der Waals surface area contributed by atoms with Gasteiger partial charge in [0.2, 0.25) is 6.41 Å². The summed E-state index contributed by atoms with van der Waals surface area (Å²) in [6.07, 6.45) is 0.437. The molecule has 0 spiro atoms. The Balaban J connectivity index is 2.70. The minimum atomic E-state index is 0.00110. The van der Waals surface area contributed by atoms with E-state index in [1.807, 2.05) is 5.48 Å². The quantitative estimate of drug-likeness (QED) is 0.267. The van der Waals surface area contributed by atoms with Crippen molar-refractivity contribution in [2.24, 2.45) is 0 Å². The second-order valence-electron chi connectivity index (χ2n) is 1.42. The van der Waals surface area contributed by atoms with Crippen LogP contribution in [0, 0.1) is 0 Å². The third kappa shape index (κ3) is 7.35. The first-order valence-corrected chi connectivity index (χ1v) is 2.91. The maximum Gasteiger partial charge on any atom is 0.230 e. The fourth-order valence-corrected chi connectivity index (χ4v) is 0.360. The van der Waals surface area contributed by atoms with Crippen LogP contribution in [0.1, 0.15) is 0 Å². The first kappa shape index (κ1) is 9.35. The van der Waals surface area contributed by atoms with Crippen molar-refractivity contribution < 1.29 is 19.5 Å². The highest BCUT2D eigenvalue weighted by Gasteiger charge is 1.85. The molecule has 0 bridgehead atoms. The maximum atomic E-state index is 9.58. The number of nitrogens with one attached hydrogen (secondary N) is 1. The molecule has 0 radical (unpaired) electrons. The summed E-state index contributed by atoms with van der Waals surface area (Å²) in [6, 6.07) is 0. The molecule has 0 aliphatic carbocycles. The van der Waals surface area contributed by atoms with Crippen LogP contribution in [0.5, 0.6) is 0 Å². The Kier molecular flexibility index (Phi) is 7.81. The number of carbonyl (C=O) groups is 1. The van der Waals surface area contributed by atoms with E-state index in [-0.39, 0.29) is 6.61 Å². The summed E-state index contributed by atoms with van der Waals surface area (Å²) >= 11 is 0. The zero-order chi connectivity index (χ0) is 7.66. The summed E-state index contributed by atoms with van der Waals surface area (Å²) in [5.41, 5.74) is 2.00. The van der Waals surface area contributed by atoms with Crippen LogP contribution in [-0.2, 0) is 14.4 Å². The lowest BCUT2D eigenvalue weighted by Gasteiger charge is -2.00. The van der Waals surface area contributed by atoms with Crippen LogP contribution < -0.4 is 5.48 Å².